The molecule has 0 unspecified atom stereocenters. The normalized spacial score (nSPS) is 36.6. The highest BCUT2D eigenvalue weighted by Crippen LogP contribution is 2.68. The van der Waals surface area contributed by atoms with Crippen LogP contribution in [0, 0.1) is 33.5 Å². The number of carbonyl (C=O) groups excluding carboxylic acids is 1. The van der Waals surface area contributed by atoms with Gasteiger partial charge >= 0.3 is 5.97 Å². The number of carbonyl (C=O) groups is 1. The molecule has 1 heterocycles. The van der Waals surface area contributed by atoms with Crippen molar-refractivity contribution in [3.63, 3.8) is 0 Å². The standard InChI is InChI=1S/C46H58O7/c1-28-26-45(50)39(52-40(49)30-19-13-10-14-20-30)37-43(8)27-51-33(43)25-34(44(37,9)38(48)36(47)35(29(28)2)42(45,6)7)53-46(41(3,4)5,31-21-15-11-16-22-31)32-23-17-12-18-24-32/h10-24,28,33-34,36-39,47-48,50H,25-27H2,1-9H3/t28-,33+,34-,36+,37+,38-,39-,43+,44+,45+/m0/s1. The van der Waals surface area contributed by atoms with Crippen molar-refractivity contribution in [1.29, 1.82) is 0 Å². The zero-order chi connectivity index (χ0) is 38.4. The topological polar surface area (TPSA) is 105 Å². The summed E-state index contributed by atoms with van der Waals surface area (Å²) in [5, 5.41) is 39.2. The molecule has 53 heavy (non-hydrogen) atoms. The largest absolute Gasteiger partial charge is 0.455 e. The summed E-state index contributed by atoms with van der Waals surface area (Å²) in [6.07, 6.45) is -4.06. The van der Waals surface area contributed by atoms with Crippen molar-refractivity contribution in [2.75, 3.05) is 6.61 Å². The van der Waals surface area contributed by atoms with Gasteiger partial charge in [-0.05, 0) is 53.5 Å². The van der Waals surface area contributed by atoms with Crippen LogP contribution in [0.4, 0.5) is 0 Å². The summed E-state index contributed by atoms with van der Waals surface area (Å²) in [6.45, 7) is 18.8. The Bertz CT molecular complexity index is 1810. The van der Waals surface area contributed by atoms with E-state index < -0.39 is 69.2 Å². The van der Waals surface area contributed by atoms with E-state index in [0.717, 1.165) is 16.7 Å². The average Bonchev–Trinajstić information content (AvgIpc) is 3.12. The fourth-order valence-corrected chi connectivity index (χ4v) is 11.2. The summed E-state index contributed by atoms with van der Waals surface area (Å²) in [7, 11) is 0. The summed E-state index contributed by atoms with van der Waals surface area (Å²) < 4.78 is 21.0. The Morgan fingerprint density at radius 1 is 0.849 bits per heavy atom. The van der Waals surface area contributed by atoms with E-state index in [1.807, 2.05) is 77.1 Å². The van der Waals surface area contributed by atoms with Gasteiger partial charge in [-0.15, -0.1) is 0 Å². The summed E-state index contributed by atoms with van der Waals surface area (Å²) in [5.74, 6) is -1.38. The molecule has 3 aromatic carbocycles. The van der Waals surface area contributed by atoms with Crippen LogP contribution in [0.3, 0.4) is 0 Å². The maximum absolute atomic E-state index is 14.3. The molecule has 2 bridgehead atoms. The zero-order valence-corrected chi connectivity index (χ0v) is 32.8. The molecule has 1 aliphatic heterocycles. The minimum Gasteiger partial charge on any atom is -0.455 e. The van der Waals surface area contributed by atoms with Gasteiger partial charge in [-0.1, -0.05) is 140 Å². The molecule has 1 saturated heterocycles. The summed E-state index contributed by atoms with van der Waals surface area (Å²) in [6, 6.07) is 29.3. The highest BCUT2D eigenvalue weighted by molar-refractivity contribution is 5.89. The predicted molar refractivity (Wildman–Crippen MR) is 205 cm³/mol. The van der Waals surface area contributed by atoms with Crippen LogP contribution in [0.25, 0.3) is 0 Å². The van der Waals surface area contributed by atoms with Crippen molar-refractivity contribution in [3.8, 4) is 0 Å². The van der Waals surface area contributed by atoms with Gasteiger partial charge in [0.15, 0.2) is 0 Å². The second-order valence-corrected chi connectivity index (χ2v) is 18.5. The van der Waals surface area contributed by atoms with E-state index in [4.69, 9.17) is 14.2 Å². The third kappa shape index (κ3) is 5.36. The summed E-state index contributed by atoms with van der Waals surface area (Å²) in [5.41, 5.74) is -2.30. The molecule has 4 aliphatic rings. The van der Waals surface area contributed by atoms with Crippen molar-refractivity contribution in [2.24, 2.45) is 33.5 Å². The van der Waals surface area contributed by atoms with Gasteiger partial charge in [0, 0.05) is 28.6 Å². The summed E-state index contributed by atoms with van der Waals surface area (Å²) in [4.78, 5) is 14.3. The van der Waals surface area contributed by atoms with E-state index in [1.165, 1.54) is 0 Å². The molecule has 7 heteroatoms. The molecule has 10 atom stereocenters. The van der Waals surface area contributed by atoms with Gasteiger partial charge in [0.1, 0.15) is 23.4 Å². The molecule has 7 rings (SSSR count). The monoisotopic (exact) mass is 722 g/mol. The molecule has 3 aliphatic carbocycles. The smallest absolute Gasteiger partial charge is 0.338 e. The summed E-state index contributed by atoms with van der Waals surface area (Å²) >= 11 is 0. The van der Waals surface area contributed by atoms with Crippen LogP contribution in [0.5, 0.6) is 0 Å². The number of benzene rings is 3. The fourth-order valence-electron chi connectivity index (χ4n) is 11.2. The lowest BCUT2D eigenvalue weighted by molar-refractivity contribution is -0.353. The van der Waals surface area contributed by atoms with Crippen molar-refractivity contribution in [2.45, 2.75) is 117 Å². The van der Waals surface area contributed by atoms with Crippen LogP contribution in [0.1, 0.15) is 96.6 Å². The molecule has 3 N–H and O–H groups in total. The Hall–Kier alpha value is -3.33. The molecule has 0 radical (unpaired) electrons. The number of esters is 1. The lowest BCUT2D eigenvalue weighted by Crippen LogP contribution is -2.78. The number of aliphatic hydroxyl groups is 3. The molecular formula is C46H58O7. The Balaban J connectivity index is 1.50. The number of aliphatic hydroxyl groups excluding tert-OH is 2. The number of hydrogen-bond acceptors (Lipinski definition) is 7. The number of rotatable bonds is 6. The number of allylic oxidation sites excluding steroid dienone is 1. The zero-order valence-electron chi connectivity index (χ0n) is 32.8. The van der Waals surface area contributed by atoms with Gasteiger partial charge in [-0.3, -0.25) is 0 Å². The number of hydrogen-bond donors (Lipinski definition) is 3. The van der Waals surface area contributed by atoms with E-state index >= 15 is 0 Å². The second kappa shape index (κ2) is 12.9. The van der Waals surface area contributed by atoms with Crippen LogP contribution >= 0.6 is 0 Å². The first-order valence-corrected chi connectivity index (χ1v) is 19.3. The quantitative estimate of drug-likeness (QED) is 0.176. The fraction of sp³-hybridized carbons (Fsp3) is 0.543. The van der Waals surface area contributed by atoms with Gasteiger partial charge in [0.05, 0.1) is 30.5 Å². The Labute approximate surface area is 315 Å². The van der Waals surface area contributed by atoms with Gasteiger partial charge < -0.3 is 29.5 Å². The van der Waals surface area contributed by atoms with Crippen LogP contribution in [0.15, 0.2) is 102 Å². The molecule has 7 nitrogen and oxygen atoms in total. The molecule has 0 amide bonds. The highest BCUT2D eigenvalue weighted by atomic mass is 16.6. The molecule has 0 spiro atoms. The first kappa shape index (κ1) is 38.0. The van der Waals surface area contributed by atoms with Gasteiger partial charge in [-0.25, -0.2) is 4.79 Å². The van der Waals surface area contributed by atoms with E-state index in [2.05, 4.69) is 52.0 Å². The maximum atomic E-state index is 14.3. The van der Waals surface area contributed by atoms with Crippen molar-refractivity contribution in [1.82, 2.24) is 0 Å². The Kier molecular flexibility index (Phi) is 9.23. The third-order valence-electron chi connectivity index (χ3n) is 14.4. The van der Waals surface area contributed by atoms with Gasteiger partial charge in [0.25, 0.3) is 0 Å². The Morgan fingerprint density at radius 2 is 1.38 bits per heavy atom. The number of fused-ring (bicyclic) bond motifs is 5. The average molecular weight is 723 g/mol. The molecule has 0 aromatic heterocycles. The SMILES string of the molecule is CC1=C2[C@@H](O)[C@H](O)[C@]3(C)[C@@H](OC(c4ccccc4)(c4ccccc4)C(C)(C)C)C[C@H]4OC[C@@]4(C)[C@H]3[C@H](OC(=O)c3ccccc3)[C@](O)(C[C@@H]1C)C2(C)C. The first-order chi connectivity index (χ1) is 24.9. The lowest BCUT2D eigenvalue weighted by Gasteiger charge is -2.70. The highest BCUT2D eigenvalue weighted by Gasteiger charge is 2.75. The third-order valence-corrected chi connectivity index (χ3v) is 14.4. The van der Waals surface area contributed by atoms with Crippen LogP contribution in [-0.4, -0.2) is 64.0 Å². The number of ether oxygens (including phenoxy) is 3. The van der Waals surface area contributed by atoms with Crippen molar-refractivity contribution in [3.05, 3.63) is 119 Å². The first-order valence-electron chi connectivity index (χ1n) is 19.3. The van der Waals surface area contributed by atoms with Crippen LogP contribution in [0.2, 0.25) is 0 Å². The Morgan fingerprint density at radius 3 is 1.87 bits per heavy atom. The molecule has 3 fully saturated rings. The van der Waals surface area contributed by atoms with E-state index in [1.54, 1.807) is 24.3 Å². The van der Waals surface area contributed by atoms with Crippen molar-refractivity contribution < 1.29 is 34.3 Å². The molecule has 284 valence electrons. The molecular weight excluding hydrogens is 664 g/mol. The minimum absolute atomic E-state index is 0.145. The second-order valence-electron chi connectivity index (χ2n) is 18.5. The van der Waals surface area contributed by atoms with Crippen molar-refractivity contribution >= 4 is 5.97 Å². The molecule has 2 saturated carbocycles. The minimum atomic E-state index is -1.62. The van der Waals surface area contributed by atoms with Gasteiger partial charge in [0.2, 0.25) is 0 Å². The van der Waals surface area contributed by atoms with Gasteiger partial charge in [-0.2, -0.15) is 0 Å². The molecule has 3 aromatic rings. The predicted octanol–water partition coefficient (Wildman–Crippen LogP) is 7.87. The van der Waals surface area contributed by atoms with Crippen LogP contribution in [-0.2, 0) is 19.8 Å². The maximum Gasteiger partial charge on any atom is 0.338 e. The van der Waals surface area contributed by atoms with E-state index in [9.17, 15) is 20.1 Å². The van der Waals surface area contributed by atoms with E-state index in [-0.39, 0.29) is 12.0 Å². The van der Waals surface area contributed by atoms with E-state index in [0.29, 0.717) is 30.6 Å². The lowest BCUT2D eigenvalue weighted by atomic mass is 9.41. The van der Waals surface area contributed by atoms with Crippen LogP contribution < -0.4 is 0 Å².